The van der Waals surface area contributed by atoms with Crippen LogP contribution in [0.3, 0.4) is 0 Å². The Morgan fingerprint density at radius 3 is 2.41 bits per heavy atom. The van der Waals surface area contributed by atoms with Gasteiger partial charge in [0.15, 0.2) is 0 Å². The first kappa shape index (κ1) is 22.6. The Morgan fingerprint density at radius 2 is 1.72 bits per heavy atom. The van der Waals surface area contributed by atoms with E-state index in [0.717, 1.165) is 48.0 Å². The molecule has 7 heteroatoms. The number of para-hydroxylation sites is 1. The van der Waals surface area contributed by atoms with Crippen molar-refractivity contribution in [3.63, 3.8) is 0 Å². The fourth-order valence-electron chi connectivity index (χ4n) is 4.12. The van der Waals surface area contributed by atoms with Crippen LogP contribution < -0.4 is 5.32 Å². The standard InChI is InChI=1S/C25H30N2O4S/c1-19(24-18-21-8-4-5-9-23(21)31-24)26-25(28)15-12-20-10-13-22(14-11-20)32(29,30)27-16-6-2-3-7-17-27/h4-5,8-11,13-14,18-19H,2-3,6-7,12,15-17H2,1H3,(H,26,28). The van der Waals surface area contributed by atoms with Crippen LogP contribution in [0.2, 0.25) is 0 Å². The van der Waals surface area contributed by atoms with Gasteiger partial charge in [0.1, 0.15) is 11.3 Å². The summed E-state index contributed by atoms with van der Waals surface area (Å²) in [6.45, 7) is 3.08. The minimum Gasteiger partial charge on any atom is -0.459 e. The predicted molar refractivity (Wildman–Crippen MR) is 125 cm³/mol. The number of aryl methyl sites for hydroxylation is 1. The van der Waals surface area contributed by atoms with Crippen molar-refractivity contribution in [2.24, 2.45) is 0 Å². The summed E-state index contributed by atoms with van der Waals surface area (Å²) in [5, 5.41) is 3.99. The van der Waals surface area contributed by atoms with Gasteiger partial charge in [0.25, 0.3) is 0 Å². The Kier molecular flexibility index (Phi) is 6.96. The monoisotopic (exact) mass is 454 g/mol. The summed E-state index contributed by atoms with van der Waals surface area (Å²) in [7, 11) is -3.45. The molecule has 0 bridgehead atoms. The van der Waals surface area contributed by atoms with Crippen LogP contribution in [0.15, 0.2) is 63.9 Å². The highest BCUT2D eigenvalue weighted by Gasteiger charge is 2.25. The summed E-state index contributed by atoms with van der Waals surface area (Å²) < 4.78 is 33.2. The predicted octanol–water partition coefficient (Wildman–Crippen LogP) is 4.81. The summed E-state index contributed by atoms with van der Waals surface area (Å²) >= 11 is 0. The first-order valence-electron chi connectivity index (χ1n) is 11.3. The summed E-state index contributed by atoms with van der Waals surface area (Å²) in [5.41, 5.74) is 1.74. The number of carbonyl (C=O) groups excluding carboxylic acids is 1. The second-order valence-electron chi connectivity index (χ2n) is 8.44. The average molecular weight is 455 g/mol. The van der Waals surface area contributed by atoms with Crippen molar-refractivity contribution in [1.29, 1.82) is 0 Å². The van der Waals surface area contributed by atoms with Crippen molar-refractivity contribution in [3.8, 4) is 0 Å². The molecule has 4 rings (SSSR count). The van der Waals surface area contributed by atoms with Gasteiger partial charge in [0.2, 0.25) is 15.9 Å². The quantitative estimate of drug-likeness (QED) is 0.556. The van der Waals surface area contributed by atoms with Crippen molar-refractivity contribution < 1.29 is 17.6 Å². The van der Waals surface area contributed by atoms with Crippen LogP contribution in [0.1, 0.15) is 56.4 Å². The molecule has 1 aromatic heterocycles. The molecule has 1 amide bonds. The highest BCUT2D eigenvalue weighted by Crippen LogP contribution is 2.24. The molecular weight excluding hydrogens is 424 g/mol. The Labute approximate surface area is 189 Å². The van der Waals surface area contributed by atoms with Crippen molar-refractivity contribution in [2.75, 3.05) is 13.1 Å². The van der Waals surface area contributed by atoms with E-state index in [4.69, 9.17) is 4.42 Å². The number of benzene rings is 2. The Bertz CT molecular complexity index is 1130. The zero-order valence-electron chi connectivity index (χ0n) is 18.4. The van der Waals surface area contributed by atoms with E-state index >= 15 is 0 Å². The highest BCUT2D eigenvalue weighted by molar-refractivity contribution is 7.89. The van der Waals surface area contributed by atoms with Gasteiger partial charge in [-0.15, -0.1) is 0 Å². The van der Waals surface area contributed by atoms with E-state index in [-0.39, 0.29) is 11.9 Å². The van der Waals surface area contributed by atoms with Crippen LogP contribution in [0, 0.1) is 0 Å². The summed E-state index contributed by atoms with van der Waals surface area (Å²) in [5.74, 6) is 0.654. The van der Waals surface area contributed by atoms with Gasteiger partial charge in [-0.2, -0.15) is 4.31 Å². The Morgan fingerprint density at radius 1 is 1.03 bits per heavy atom. The lowest BCUT2D eigenvalue weighted by Crippen LogP contribution is -2.31. The number of furan rings is 1. The summed E-state index contributed by atoms with van der Waals surface area (Å²) in [4.78, 5) is 12.8. The number of fused-ring (bicyclic) bond motifs is 1. The maximum Gasteiger partial charge on any atom is 0.243 e. The van der Waals surface area contributed by atoms with Crippen LogP contribution in [-0.4, -0.2) is 31.7 Å². The molecule has 1 N–H and O–H groups in total. The van der Waals surface area contributed by atoms with Gasteiger partial charge in [-0.1, -0.05) is 43.2 Å². The molecule has 1 saturated heterocycles. The number of sulfonamides is 1. The maximum absolute atomic E-state index is 12.9. The molecule has 6 nitrogen and oxygen atoms in total. The SMILES string of the molecule is CC(NC(=O)CCc1ccc(S(=O)(=O)N2CCCCCC2)cc1)c1cc2ccccc2o1. The minimum absolute atomic E-state index is 0.0702. The molecule has 3 aromatic rings. The van der Waals surface area contributed by atoms with Gasteiger partial charge in [-0.3, -0.25) is 4.79 Å². The summed E-state index contributed by atoms with van der Waals surface area (Å²) in [6.07, 6.45) is 4.87. The van der Waals surface area contributed by atoms with Crippen LogP contribution in [0.5, 0.6) is 0 Å². The van der Waals surface area contributed by atoms with Gasteiger partial charge in [0, 0.05) is 24.9 Å². The van der Waals surface area contributed by atoms with Crippen molar-refractivity contribution in [1.82, 2.24) is 9.62 Å². The van der Waals surface area contributed by atoms with E-state index < -0.39 is 10.0 Å². The lowest BCUT2D eigenvalue weighted by Gasteiger charge is -2.20. The molecule has 1 fully saturated rings. The second-order valence-corrected chi connectivity index (χ2v) is 10.4. The molecule has 0 radical (unpaired) electrons. The van der Waals surface area contributed by atoms with E-state index in [0.29, 0.717) is 30.8 Å². The van der Waals surface area contributed by atoms with Crippen molar-refractivity contribution >= 4 is 26.9 Å². The molecular formula is C25H30N2O4S. The zero-order valence-corrected chi connectivity index (χ0v) is 19.2. The van der Waals surface area contributed by atoms with E-state index in [1.807, 2.05) is 37.3 Å². The van der Waals surface area contributed by atoms with E-state index in [1.54, 1.807) is 28.6 Å². The van der Waals surface area contributed by atoms with E-state index in [2.05, 4.69) is 5.32 Å². The molecule has 170 valence electrons. The van der Waals surface area contributed by atoms with Crippen LogP contribution >= 0.6 is 0 Å². The number of carbonyl (C=O) groups is 1. The molecule has 0 aliphatic carbocycles. The number of rotatable bonds is 7. The lowest BCUT2D eigenvalue weighted by molar-refractivity contribution is -0.121. The normalized spacial score (nSPS) is 16.5. The third-order valence-corrected chi connectivity index (χ3v) is 7.93. The second kappa shape index (κ2) is 9.88. The first-order valence-corrected chi connectivity index (χ1v) is 12.7. The molecule has 1 unspecified atom stereocenters. The van der Waals surface area contributed by atoms with Gasteiger partial charge < -0.3 is 9.73 Å². The fraction of sp³-hybridized carbons (Fsp3) is 0.400. The number of hydrogen-bond acceptors (Lipinski definition) is 4. The molecule has 1 aliphatic rings. The van der Waals surface area contributed by atoms with Crippen LogP contribution in [0.25, 0.3) is 11.0 Å². The minimum atomic E-state index is -3.45. The topological polar surface area (TPSA) is 79.6 Å². The summed E-state index contributed by atoms with van der Waals surface area (Å²) in [6, 6.07) is 16.4. The highest BCUT2D eigenvalue weighted by atomic mass is 32.2. The number of hydrogen-bond donors (Lipinski definition) is 1. The largest absolute Gasteiger partial charge is 0.459 e. The van der Waals surface area contributed by atoms with Crippen LogP contribution in [0.4, 0.5) is 0 Å². The van der Waals surface area contributed by atoms with E-state index in [9.17, 15) is 13.2 Å². The third kappa shape index (κ3) is 5.22. The lowest BCUT2D eigenvalue weighted by atomic mass is 10.1. The number of amides is 1. The van der Waals surface area contributed by atoms with Crippen LogP contribution in [-0.2, 0) is 21.2 Å². The molecule has 0 saturated carbocycles. The van der Waals surface area contributed by atoms with Gasteiger partial charge in [0.05, 0.1) is 10.9 Å². The molecule has 1 atom stereocenters. The molecule has 1 aliphatic heterocycles. The number of nitrogens with one attached hydrogen (secondary N) is 1. The number of nitrogens with zero attached hydrogens (tertiary/aromatic N) is 1. The van der Waals surface area contributed by atoms with Gasteiger partial charge in [-0.25, -0.2) is 8.42 Å². The smallest absolute Gasteiger partial charge is 0.243 e. The molecule has 2 heterocycles. The fourth-order valence-corrected chi connectivity index (χ4v) is 5.63. The Balaban J connectivity index is 1.32. The third-order valence-electron chi connectivity index (χ3n) is 6.02. The first-order chi connectivity index (χ1) is 15.4. The Hall–Kier alpha value is -2.64. The van der Waals surface area contributed by atoms with Crippen molar-refractivity contribution in [2.45, 2.75) is 56.4 Å². The molecule has 0 spiro atoms. The average Bonchev–Trinajstić information content (AvgIpc) is 3.03. The van der Waals surface area contributed by atoms with Crippen molar-refractivity contribution in [3.05, 3.63) is 65.9 Å². The van der Waals surface area contributed by atoms with E-state index in [1.165, 1.54) is 0 Å². The molecule has 2 aromatic carbocycles. The maximum atomic E-state index is 12.9. The zero-order chi connectivity index (χ0) is 22.6. The van der Waals surface area contributed by atoms with Gasteiger partial charge in [-0.05, 0) is 56.0 Å². The van der Waals surface area contributed by atoms with Gasteiger partial charge >= 0.3 is 0 Å². The molecule has 32 heavy (non-hydrogen) atoms.